The second-order valence-electron chi connectivity index (χ2n) is 8.45. The van der Waals surface area contributed by atoms with Crippen LogP contribution in [0.2, 0.25) is 0 Å². The largest absolute Gasteiger partial charge is 0.497 e. The molecule has 0 bridgehead atoms. The Kier molecular flexibility index (Phi) is 7.44. The van der Waals surface area contributed by atoms with Crippen LogP contribution < -0.4 is 14.8 Å². The van der Waals surface area contributed by atoms with Gasteiger partial charge in [-0.25, -0.2) is 4.99 Å². The molecule has 4 rings (SSSR count). The van der Waals surface area contributed by atoms with Crippen LogP contribution in [0.3, 0.4) is 0 Å². The summed E-state index contributed by atoms with van der Waals surface area (Å²) >= 11 is 4.94. The summed E-state index contributed by atoms with van der Waals surface area (Å²) in [4.78, 5) is 23.0. The van der Waals surface area contributed by atoms with E-state index in [0.29, 0.717) is 23.1 Å². The predicted octanol–water partition coefficient (Wildman–Crippen LogP) is 5.95. The number of carbonyl (C=O) groups excluding carboxylic acids is 1. The van der Waals surface area contributed by atoms with E-state index in [0.717, 1.165) is 46.5 Å². The zero-order chi connectivity index (χ0) is 23.4. The van der Waals surface area contributed by atoms with Gasteiger partial charge >= 0.3 is 0 Å². The van der Waals surface area contributed by atoms with Crippen molar-refractivity contribution in [2.75, 3.05) is 25.3 Å². The lowest BCUT2D eigenvalue weighted by Crippen LogP contribution is -2.28. The molecule has 0 saturated heterocycles. The van der Waals surface area contributed by atoms with E-state index in [1.165, 1.54) is 11.8 Å². The summed E-state index contributed by atoms with van der Waals surface area (Å²) in [6.07, 6.45) is 4.14. The third-order valence-corrected chi connectivity index (χ3v) is 7.54. The normalized spacial score (nSPS) is 22.0. The minimum absolute atomic E-state index is 0.136. The number of hydrogen-bond acceptors (Lipinski definition) is 6. The van der Waals surface area contributed by atoms with E-state index < -0.39 is 0 Å². The standard InChI is InChI=1S/C25H28BrN3O3S/c1-16-10-12-25(13-11-16)28-23(17-4-6-18(26)7-5-17)24(29-25)33-15-22(30)27-20-14-19(31-2)8-9-21(20)32-3/h4-9,14,16H,10-13,15H2,1-3H3,(H,27,30). The van der Waals surface area contributed by atoms with Gasteiger partial charge in [0, 0.05) is 16.1 Å². The number of benzene rings is 2. The van der Waals surface area contributed by atoms with Gasteiger partial charge in [0.2, 0.25) is 5.91 Å². The first-order chi connectivity index (χ1) is 15.9. The van der Waals surface area contributed by atoms with Crippen LogP contribution >= 0.6 is 27.7 Å². The van der Waals surface area contributed by atoms with Crippen LogP contribution in [-0.4, -0.2) is 42.3 Å². The number of methoxy groups -OCH3 is 2. The third-order valence-electron chi connectivity index (χ3n) is 6.05. The second kappa shape index (κ2) is 10.3. The van der Waals surface area contributed by atoms with Gasteiger partial charge in [-0.3, -0.25) is 9.79 Å². The molecule has 6 nitrogen and oxygen atoms in total. The summed E-state index contributed by atoms with van der Waals surface area (Å²) in [5.74, 6) is 2.03. The summed E-state index contributed by atoms with van der Waals surface area (Å²) in [6.45, 7) is 2.29. The van der Waals surface area contributed by atoms with Gasteiger partial charge in [0.05, 0.1) is 31.4 Å². The topological polar surface area (TPSA) is 72.3 Å². The Hall–Kier alpha value is -2.32. The molecule has 0 atom stereocenters. The van der Waals surface area contributed by atoms with Gasteiger partial charge in [0.25, 0.3) is 0 Å². The number of ether oxygens (including phenoxy) is 2. The molecule has 1 aliphatic carbocycles. The molecule has 0 unspecified atom stereocenters. The van der Waals surface area contributed by atoms with Crippen LogP contribution in [0, 0.1) is 5.92 Å². The summed E-state index contributed by atoms with van der Waals surface area (Å²) in [5.41, 5.74) is 2.10. The highest BCUT2D eigenvalue weighted by molar-refractivity contribution is 9.10. The van der Waals surface area contributed by atoms with Gasteiger partial charge in [-0.1, -0.05) is 46.7 Å². The van der Waals surface area contributed by atoms with Gasteiger partial charge in [-0.15, -0.1) is 0 Å². The number of anilines is 1. The van der Waals surface area contributed by atoms with Gasteiger partial charge in [0.1, 0.15) is 16.5 Å². The van der Waals surface area contributed by atoms with E-state index in [1.807, 2.05) is 24.3 Å². The van der Waals surface area contributed by atoms with Crippen molar-refractivity contribution in [2.24, 2.45) is 15.9 Å². The Bertz CT molecular complexity index is 1080. The first kappa shape index (κ1) is 23.8. The Morgan fingerprint density at radius 3 is 2.52 bits per heavy atom. The van der Waals surface area contributed by atoms with Crippen LogP contribution in [-0.2, 0) is 4.79 Å². The predicted molar refractivity (Wildman–Crippen MR) is 139 cm³/mol. The summed E-state index contributed by atoms with van der Waals surface area (Å²) in [7, 11) is 3.16. The van der Waals surface area contributed by atoms with Gasteiger partial charge in [0.15, 0.2) is 5.66 Å². The fourth-order valence-corrected chi connectivity index (χ4v) is 5.24. The number of hydrogen-bond donors (Lipinski definition) is 1. The fraction of sp³-hybridized carbons (Fsp3) is 0.400. The Morgan fingerprint density at radius 1 is 1.12 bits per heavy atom. The molecular formula is C25H28BrN3O3S. The number of nitrogens with one attached hydrogen (secondary N) is 1. The molecule has 2 aromatic rings. The molecular weight excluding hydrogens is 502 g/mol. The molecule has 8 heteroatoms. The highest BCUT2D eigenvalue weighted by atomic mass is 79.9. The average Bonchev–Trinajstić information content (AvgIpc) is 3.18. The van der Waals surface area contributed by atoms with Crippen LogP contribution in [0.4, 0.5) is 5.69 Å². The van der Waals surface area contributed by atoms with Crippen molar-refractivity contribution in [3.63, 3.8) is 0 Å². The maximum atomic E-state index is 12.8. The van der Waals surface area contributed by atoms with Crippen LogP contribution in [0.1, 0.15) is 38.2 Å². The van der Waals surface area contributed by atoms with E-state index in [-0.39, 0.29) is 17.3 Å². The maximum absolute atomic E-state index is 12.8. The van der Waals surface area contributed by atoms with Crippen molar-refractivity contribution in [2.45, 2.75) is 38.3 Å². The maximum Gasteiger partial charge on any atom is 0.234 e. The number of thioether (sulfide) groups is 1. The zero-order valence-electron chi connectivity index (χ0n) is 19.1. The monoisotopic (exact) mass is 529 g/mol. The number of halogens is 1. The number of carbonyl (C=O) groups is 1. The van der Waals surface area contributed by atoms with Crippen molar-refractivity contribution in [3.05, 3.63) is 52.5 Å². The quantitative estimate of drug-likeness (QED) is 0.502. The van der Waals surface area contributed by atoms with Crippen LogP contribution in [0.25, 0.3) is 0 Å². The van der Waals surface area contributed by atoms with Crippen molar-refractivity contribution < 1.29 is 14.3 Å². The molecule has 1 heterocycles. The lowest BCUT2D eigenvalue weighted by atomic mass is 9.83. The molecule has 1 spiro atoms. The molecule has 1 fully saturated rings. The van der Waals surface area contributed by atoms with Crippen molar-refractivity contribution >= 4 is 50.0 Å². The molecule has 2 aliphatic rings. The Balaban J connectivity index is 1.51. The molecule has 1 aliphatic heterocycles. The Morgan fingerprint density at radius 2 is 1.85 bits per heavy atom. The van der Waals surface area contributed by atoms with E-state index in [4.69, 9.17) is 19.5 Å². The van der Waals surface area contributed by atoms with Gasteiger partial charge in [-0.05, 0) is 55.9 Å². The number of rotatable bonds is 6. The van der Waals surface area contributed by atoms with Crippen molar-refractivity contribution in [3.8, 4) is 11.5 Å². The minimum atomic E-state index is -0.385. The van der Waals surface area contributed by atoms with E-state index in [2.05, 4.69) is 28.2 Å². The molecule has 2 aromatic carbocycles. The smallest absolute Gasteiger partial charge is 0.234 e. The number of nitrogens with zero attached hydrogens (tertiary/aromatic N) is 2. The van der Waals surface area contributed by atoms with Crippen LogP contribution in [0.5, 0.6) is 11.5 Å². The summed E-state index contributed by atoms with van der Waals surface area (Å²) in [6, 6.07) is 13.4. The lowest BCUT2D eigenvalue weighted by Gasteiger charge is -2.30. The molecule has 1 N–H and O–H groups in total. The molecule has 0 radical (unpaired) electrons. The minimum Gasteiger partial charge on any atom is -0.497 e. The van der Waals surface area contributed by atoms with Crippen LogP contribution in [0.15, 0.2) is 56.9 Å². The van der Waals surface area contributed by atoms with E-state index >= 15 is 0 Å². The molecule has 1 amide bonds. The first-order valence-electron chi connectivity index (χ1n) is 11.0. The zero-order valence-corrected chi connectivity index (χ0v) is 21.5. The summed E-state index contributed by atoms with van der Waals surface area (Å²) in [5, 5.41) is 3.77. The number of amides is 1. The molecule has 174 valence electrons. The van der Waals surface area contributed by atoms with Gasteiger partial charge in [-0.2, -0.15) is 0 Å². The highest BCUT2D eigenvalue weighted by Gasteiger charge is 2.39. The lowest BCUT2D eigenvalue weighted by molar-refractivity contribution is -0.113. The van der Waals surface area contributed by atoms with E-state index in [9.17, 15) is 4.79 Å². The van der Waals surface area contributed by atoms with Crippen molar-refractivity contribution in [1.29, 1.82) is 0 Å². The second-order valence-corrected chi connectivity index (χ2v) is 10.3. The van der Waals surface area contributed by atoms with E-state index in [1.54, 1.807) is 32.4 Å². The first-order valence-corrected chi connectivity index (χ1v) is 12.8. The molecule has 1 saturated carbocycles. The SMILES string of the molecule is COc1ccc(OC)c(NC(=O)CSC2=NC3(CCC(C)CC3)N=C2c2ccc(Br)cc2)c1. The highest BCUT2D eigenvalue weighted by Crippen LogP contribution is 2.40. The third kappa shape index (κ3) is 5.61. The van der Waals surface area contributed by atoms with Crippen molar-refractivity contribution in [1.82, 2.24) is 0 Å². The van der Waals surface area contributed by atoms with Gasteiger partial charge < -0.3 is 14.8 Å². The number of aliphatic imine (C=N–C) groups is 2. The summed E-state index contributed by atoms with van der Waals surface area (Å²) < 4.78 is 11.7. The Labute approximate surface area is 207 Å². The molecule has 33 heavy (non-hydrogen) atoms. The average molecular weight is 530 g/mol. The fourth-order valence-electron chi connectivity index (χ4n) is 4.10. The molecule has 0 aromatic heterocycles.